The van der Waals surface area contributed by atoms with Crippen LogP contribution in [0.1, 0.15) is 229 Å². The molecule has 5 aliphatic rings. The zero-order valence-corrected chi connectivity index (χ0v) is 100. The predicted molar refractivity (Wildman–Crippen MR) is 610 cm³/mol. The Labute approximate surface area is 973 Å². The van der Waals surface area contributed by atoms with Crippen LogP contribution in [0.25, 0.3) is 0 Å². The van der Waals surface area contributed by atoms with Gasteiger partial charge in [-0.2, -0.15) is 0 Å². The molecule has 0 amide bonds. The van der Waals surface area contributed by atoms with E-state index in [0.29, 0.717) is 85.4 Å². The van der Waals surface area contributed by atoms with Crippen molar-refractivity contribution in [2.45, 2.75) is 256 Å². The summed E-state index contributed by atoms with van der Waals surface area (Å²) in [5.41, 5.74) is 14.1. The summed E-state index contributed by atoms with van der Waals surface area (Å²) in [6.07, 6.45) is -2.53. The molecule has 0 radical (unpaired) electrons. The second-order valence-electron chi connectivity index (χ2n) is 38.7. The monoisotopic (exact) mass is 2590 g/mol. The molecule has 15 rings (SSSR count). The number of aliphatic hydroxyl groups excluding tert-OH is 8. The SMILES string of the molecule is CCOc1ccc(Cc2cc(C3CCCC(CO)O3)ccc2Cl)cc1.CCOc1ccc(Cc2cc(C3CCCC(COC(=O)C(C)(C)C)O3)ccc2Cl)cc1.CCOc1ccc(Cc2cc(C3OC(CI)C(I)C(I)C3I)ccc2Cl)cc1.CCOc1ccc(Cc2cc(C3OC(CO)C(O)C(O)C3O)ccc2Cl)cc1.CCOc1ccc(Cc2cc(C3OC(COC(=O)C(C)(C)C)C(O)C(O)C3O)ccc2Cl)cc1.[Na+].[OH-]. The van der Waals surface area contributed by atoms with E-state index in [1.165, 1.54) is 22.3 Å². The molecule has 10 aromatic rings. The second kappa shape index (κ2) is 62.2. The minimum atomic E-state index is -1.47. The Hall–Kier alpha value is -5.05. The van der Waals surface area contributed by atoms with Crippen molar-refractivity contribution in [1.29, 1.82) is 0 Å². The van der Waals surface area contributed by atoms with Gasteiger partial charge in [-0.3, -0.25) is 9.59 Å². The number of esters is 2. The first-order valence-corrected chi connectivity index (χ1v) is 56.9. The van der Waals surface area contributed by atoms with E-state index in [9.17, 15) is 50.4 Å². The average Bonchev–Trinajstić information content (AvgIpc) is 0.800. The molecule has 148 heavy (non-hydrogen) atoms. The number of carbonyl (C=O) groups is 2. The second-order valence-corrected chi connectivity index (χ2v) is 45.9. The number of halogens is 9. The van der Waals surface area contributed by atoms with Crippen molar-refractivity contribution in [3.63, 3.8) is 0 Å². The van der Waals surface area contributed by atoms with Gasteiger partial charge in [0.05, 0.1) is 102 Å². The average molecular weight is 2600 g/mol. The van der Waals surface area contributed by atoms with Crippen LogP contribution in [-0.2, 0) is 74.9 Å². The smallest absolute Gasteiger partial charge is 0.870 e. The van der Waals surface area contributed by atoms with Crippen molar-refractivity contribution in [3.8, 4) is 28.7 Å². The van der Waals surface area contributed by atoms with E-state index in [4.69, 9.17) is 115 Å². The first-order chi connectivity index (χ1) is 69.8. The maximum atomic E-state index is 12.1. The molecule has 10 aromatic carbocycles. The fourth-order valence-corrected chi connectivity index (χ4v) is 23.5. The van der Waals surface area contributed by atoms with E-state index in [-0.39, 0.29) is 90.8 Å². The summed E-state index contributed by atoms with van der Waals surface area (Å²) in [6.45, 7) is 23.4. The number of rotatable bonds is 32. The molecular weight excluding hydrogens is 2460 g/mol. The molecule has 5 fully saturated rings. The molecule has 23 nitrogen and oxygen atoms in total. The number of aliphatic hydroxyl groups is 8. The zero-order chi connectivity index (χ0) is 106. The molecule has 19 atom stereocenters. The summed E-state index contributed by atoms with van der Waals surface area (Å²) < 4.78 is 71.2. The molecule has 800 valence electrons. The zero-order valence-electron chi connectivity index (χ0n) is 85.7. The van der Waals surface area contributed by atoms with Crippen LogP contribution >= 0.6 is 148 Å². The van der Waals surface area contributed by atoms with Crippen LogP contribution < -0.4 is 53.2 Å². The van der Waals surface area contributed by atoms with Gasteiger partial charge < -0.3 is 103 Å². The first-order valence-electron chi connectivity index (χ1n) is 49.7. The quantitative estimate of drug-likeness (QED) is 0.00840. The number of carbonyl (C=O) groups excluding carboxylic acids is 2. The number of hydrogen-bond acceptors (Lipinski definition) is 23. The Morgan fingerprint density at radius 3 is 0.912 bits per heavy atom. The molecule has 5 aliphatic heterocycles. The molecule has 19 unspecified atom stereocenters. The van der Waals surface area contributed by atoms with Crippen LogP contribution in [-0.4, -0.2) is 201 Å². The molecule has 0 aromatic heterocycles. The third-order valence-corrected chi connectivity index (χ3v) is 35.5. The van der Waals surface area contributed by atoms with Crippen molar-refractivity contribution in [3.05, 3.63) is 321 Å². The maximum Gasteiger partial charge on any atom is 1.00 e. The van der Waals surface area contributed by atoms with E-state index >= 15 is 0 Å². The number of alkyl halides is 4. The number of ether oxygens (including phenoxy) is 12. The molecule has 0 spiro atoms. The fraction of sp³-hybridized carbons (Fsp3) is 0.461. The molecule has 5 saturated heterocycles. The standard InChI is InChI=1S/C26H33ClO7.C26H33ClO4.C21H21ClI4O2.C21H25ClO6.C21H25ClO3.Na.H2O/c1-5-32-18-9-6-15(7-10-18)12-17-13-16(8-11-19(17)27)24-23(30)22(29)21(28)20(34-24)14-33-25(31)26(2,3)4;1-5-29-21-12-9-18(10-13-21)15-20-16-19(11-14-23(20)27)24-8-6-7-22(31-24)17-30-25(28)26(2,3)4;2*1-2-27-15-6-3-12(4-7-15)9-14-10-13(5-8-16(14)22)21-20(26)19(25)18(24)17(11-23)28-21;1-2-24-18-9-6-15(7-10-18)12-17-13-16(8-11-20(17)22)21-5-3-4-19(14-23)25-21;;/h6-11,13,20-24,28-30H,5,12,14H2,1-4H3;9-14,16,22,24H,5-8,15,17H2,1-4H3;3-8,10,17-21H,2,9,11H2,1H3;3-8,10,17-21,23-26H,2,9,11H2,1H3;6-11,13,19,21,23H,2-5,12,14H2,1H3;;1H2/q;;;;;+1;/p-1. The van der Waals surface area contributed by atoms with Crippen molar-refractivity contribution in [2.24, 2.45) is 10.8 Å². The molecule has 5 heterocycles. The van der Waals surface area contributed by atoms with Crippen molar-refractivity contribution in [1.82, 2.24) is 0 Å². The normalized spacial score (nSPS) is 23.7. The van der Waals surface area contributed by atoms with Gasteiger partial charge in [0.2, 0.25) is 0 Å². The van der Waals surface area contributed by atoms with Gasteiger partial charge in [-0.1, -0.05) is 270 Å². The third-order valence-electron chi connectivity index (χ3n) is 25.5. The Kier molecular flexibility index (Phi) is 53.1. The van der Waals surface area contributed by atoms with Crippen LogP contribution in [0.5, 0.6) is 28.7 Å². The maximum absolute atomic E-state index is 12.1. The summed E-state index contributed by atoms with van der Waals surface area (Å²) in [5, 5.41) is 84.0. The number of benzene rings is 10. The molecule has 0 aliphatic carbocycles. The number of hydrogen-bond donors (Lipinski definition) is 8. The van der Waals surface area contributed by atoms with E-state index < -0.39 is 84.4 Å². The Morgan fingerprint density at radius 2 is 0.608 bits per heavy atom. The van der Waals surface area contributed by atoms with Crippen LogP contribution in [0, 0.1) is 10.8 Å². The molecule has 0 bridgehead atoms. The molecule has 9 N–H and O–H groups in total. The third kappa shape index (κ3) is 37.1. The summed E-state index contributed by atoms with van der Waals surface area (Å²) in [7, 11) is 0. The Bertz CT molecular complexity index is 5580. The van der Waals surface area contributed by atoms with Gasteiger partial charge in [-0.25, -0.2) is 0 Å². The van der Waals surface area contributed by atoms with Gasteiger partial charge in [0, 0.05) is 33.5 Å². The van der Waals surface area contributed by atoms with Crippen molar-refractivity contribution >= 4 is 160 Å². The van der Waals surface area contributed by atoms with Gasteiger partial charge in [-0.15, -0.1) is 0 Å². The van der Waals surface area contributed by atoms with Crippen molar-refractivity contribution < 1.29 is 142 Å². The van der Waals surface area contributed by atoms with E-state index in [2.05, 4.69) is 151 Å². The van der Waals surface area contributed by atoms with E-state index in [1.807, 2.05) is 183 Å². The Morgan fingerprint density at radius 1 is 0.331 bits per heavy atom. The first kappa shape index (κ1) is 126. The molecular formula is C115H138Cl5I4NaO23. The minimum Gasteiger partial charge on any atom is -0.870 e. The van der Waals surface area contributed by atoms with Gasteiger partial charge in [0.1, 0.15) is 103 Å². The molecule has 33 heteroatoms. The topological polar surface area (TPSA) is 337 Å². The predicted octanol–water partition coefficient (Wildman–Crippen LogP) is 21.2. The minimum absolute atomic E-state index is 0. The fourth-order valence-electron chi connectivity index (χ4n) is 17.3. The summed E-state index contributed by atoms with van der Waals surface area (Å²) in [4.78, 5) is 24.2. The van der Waals surface area contributed by atoms with Gasteiger partial charge in [-0.05, 0) is 321 Å². The van der Waals surface area contributed by atoms with Gasteiger partial charge in [0.15, 0.2) is 0 Å². The Balaban J connectivity index is 0.000000206. The van der Waals surface area contributed by atoms with Crippen LogP contribution in [0.15, 0.2) is 212 Å². The van der Waals surface area contributed by atoms with Crippen LogP contribution in [0.3, 0.4) is 0 Å². The largest absolute Gasteiger partial charge is 1.00 e. The van der Waals surface area contributed by atoms with Gasteiger partial charge in [0.25, 0.3) is 0 Å². The summed E-state index contributed by atoms with van der Waals surface area (Å²) in [6, 6.07) is 69.1. The van der Waals surface area contributed by atoms with Gasteiger partial charge >= 0.3 is 41.5 Å². The van der Waals surface area contributed by atoms with Crippen LogP contribution in [0.2, 0.25) is 25.1 Å². The molecule has 0 saturated carbocycles. The van der Waals surface area contributed by atoms with E-state index in [1.54, 1.807) is 45.0 Å². The summed E-state index contributed by atoms with van der Waals surface area (Å²) >= 11 is 42.4. The summed E-state index contributed by atoms with van der Waals surface area (Å²) in [5.74, 6) is 3.60. The van der Waals surface area contributed by atoms with Crippen molar-refractivity contribution in [2.75, 3.05) is 63.9 Å². The van der Waals surface area contributed by atoms with E-state index in [0.717, 1.165) is 156 Å². The van der Waals surface area contributed by atoms with Crippen LogP contribution in [0.4, 0.5) is 0 Å².